The molecule has 3 aromatic heterocycles. The lowest BCUT2D eigenvalue weighted by Crippen LogP contribution is -2.40. The van der Waals surface area contributed by atoms with Crippen molar-refractivity contribution in [1.29, 1.82) is 0 Å². The number of hydrogen-bond donors (Lipinski definition) is 1. The van der Waals surface area contributed by atoms with E-state index in [1.165, 1.54) is 27.3 Å². The highest BCUT2D eigenvalue weighted by atomic mass is 35.5. The number of nitrogens with zero attached hydrogens (tertiary/aromatic N) is 6. The number of rotatable bonds is 8. The molecule has 12 heteroatoms. The van der Waals surface area contributed by atoms with Crippen molar-refractivity contribution in [3.05, 3.63) is 62.3 Å². The van der Waals surface area contributed by atoms with Crippen molar-refractivity contribution in [3.63, 3.8) is 0 Å². The minimum atomic E-state index is -0.456. The normalized spacial score (nSPS) is 15.8. The first-order valence-electron chi connectivity index (χ1n) is 12.3. The number of aryl methyl sites for hydroxylation is 1. The second kappa shape index (κ2) is 9.97. The molecule has 0 bridgehead atoms. The molecule has 4 heterocycles. The molecule has 1 atom stereocenters. The second-order valence-corrected chi connectivity index (χ2v) is 9.70. The van der Waals surface area contributed by atoms with E-state index in [9.17, 15) is 18.8 Å². The zero-order valence-electron chi connectivity index (χ0n) is 20.6. The van der Waals surface area contributed by atoms with E-state index in [1.54, 1.807) is 22.0 Å². The Morgan fingerprint density at radius 1 is 1.14 bits per heavy atom. The summed E-state index contributed by atoms with van der Waals surface area (Å²) in [7, 11) is 0. The molecule has 5 rings (SSSR count). The number of aromatic nitrogens is 6. The summed E-state index contributed by atoms with van der Waals surface area (Å²) in [5.74, 6) is -0.116. The van der Waals surface area contributed by atoms with Crippen molar-refractivity contribution < 1.29 is 9.18 Å². The quantitative estimate of drug-likeness (QED) is 0.377. The van der Waals surface area contributed by atoms with Gasteiger partial charge in [0.2, 0.25) is 5.91 Å². The average Bonchev–Trinajstić information content (AvgIpc) is 3.59. The number of anilines is 1. The predicted octanol–water partition coefficient (Wildman–Crippen LogP) is 3.42. The van der Waals surface area contributed by atoms with Gasteiger partial charge in [-0.1, -0.05) is 25.4 Å². The molecule has 0 spiro atoms. The van der Waals surface area contributed by atoms with Crippen molar-refractivity contribution in [3.8, 4) is 11.4 Å². The van der Waals surface area contributed by atoms with Crippen LogP contribution in [0.4, 0.5) is 10.1 Å². The van der Waals surface area contributed by atoms with Crippen LogP contribution in [0.15, 0.2) is 40.2 Å². The summed E-state index contributed by atoms with van der Waals surface area (Å²) in [4.78, 5) is 47.8. The van der Waals surface area contributed by atoms with Gasteiger partial charge in [-0.15, -0.1) is 0 Å². The summed E-state index contributed by atoms with van der Waals surface area (Å²) in [6, 6.07) is 3.99. The number of carbonyl (C=O) groups is 1. The fraction of sp³-hybridized carbons (Fsp3) is 0.400. The molecule has 1 amide bonds. The molecule has 10 nitrogen and oxygen atoms in total. The first kappa shape index (κ1) is 24.9. The zero-order valence-corrected chi connectivity index (χ0v) is 21.3. The number of halogens is 2. The number of nitrogens with one attached hydrogen (secondary N) is 1. The van der Waals surface area contributed by atoms with E-state index in [2.05, 4.69) is 15.1 Å². The van der Waals surface area contributed by atoms with E-state index in [4.69, 9.17) is 11.6 Å². The highest BCUT2D eigenvalue weighted by molar-refractivity contribution is 6.33. The number of hydrogen-bond acceptors (Lipinski definition) is 5. The van der Waals surface area contributed by atoms with Crippen molar-refractivity contribution in [2.45, 2.75) is 52.7 Å². The minimum Gasteiger partial charge on any atom is -0.332 e. The molecular weight excluding hydrogens is 501 g/mol. The fourth-order valence-electron chi connectivity index (χ4n) is 4.84. The van der Waals surface area contributed by atoms with Gasteiger partial charge in [0, 0.05) is 44.7 Å². The molecule has 0 radical (unpaired) electrons. The van der Waals surface area contributed by atoms with Crippen LogP contribution in [-0.2, 0) is 24.4 Å². The van der Waals surface area contributed by atoms with Gasteiger partial charge in [-0.3, -0.25) is 23.4 Å². The molecule has 1 saturated heterocycles. The lowest BCUT2D eigenvalue weighted by Gasteiger charge is -2.18. The average molecular weight is 528 g/mol. The van der Waals surface area contributed by atoms with Crippen molar-refractivity contribution in [2.75, 3.05) is 11.4 Å². The van der Waals surface area contributed by atoms with Crippen LogP contribution >= 0.6 is 11.6 Å². The Hall–Kier alpha value is -3.73. The Balaban J connectivity index is 1.40. The number of carbonyl (C=O) groups excluding carboxylic acids is 1. The first-order chi connectivity index (χ1) is 17.8. The molecule has 1 unspecified atom stereocenters. The summed E-state index contributed by atoms with van der Waals surface area (Å²) >= 11 is 6.16. The Kier molecular flexibility index (Phi) is 6.72. The minimum absolute atomic E-state index is 0.0203. The van der Waals surface area contributed by atoms with Crippen molar-refractivity contribution in [2.24, 2.45) is 5.92 Å². The van der Waals surface area contributed by atoms with Crippen LogP contribution in [0, 0.1) is 11.7 Å². The van der Waals surface area contributed by atoms with E-state index >= 15 is 0 Å². The predicted molar refractivity (Wildman–Crippen MR) is 138 cm³/mol. The summed E-state index contributed by atoms with van der Waals surface area (Å²) in [6.45, 7) is 5.58. The third-order valence-corrected chi connectivity index (χ3v) is 6.82. The third-order valence-electron chi connectivity index (χ3n) is 6.51. The lowest BCUT2D eigenvalue weighted by molar-refractivity contribution is -0.117. The molecular formula is C25H27ClFN7O3. The van der Waals surface area contributed by atoms with Crippen LogP contribution < -0.4 is 16.1 Å². The number of aromatic amines is 1. The van der Waals surface area contributed by atoms with E-state index in [-0.39, 0.29) is 33.6 Å². The van der Waals surface area contributed by atoms with E-state index < -0.39 is 5.82 Å². The van der Waals surface area contributed by atoms with E-state index in [0.29, 0.717) is 61.7 Å². The number of benzene rings is 1. The zero-order chi connectivity index (χ0) is 26.3. The molecule has 1 aliphatic heterocycles. The smallest absolute Gasteiger partial charge is 0.332 e. The van der Waals surface area contributed by atoms with Crippen molar-refractivity contribution in [1.82, 2.24) is 28.9 Å². The standard InChI is InChI=1S/C25H27ClFN7O3/c1-3-7-32-23-21(24(36)33(8-4-2)25(32)37)29-22(30-23)16-11-28-31(14-16)12-15-9-20(35)34(13-15)19-6-5-17(27)10-18(19)26/h5-6,10-11,14-15H,3-4,7-9,12-13H2,1-2H3,(H,29,30). The summed E-state index contributed by atoms with van der Waals surface area (Å²) in [5, 5.41) is 4.62. The highest BCUT2D eigenvalue weighted by Gasteiger charge is 2.32. The van der Waals surface area contributed by atoms with Crippen LogP contribution in [0.25, 0.3) is 22.6 Å². The fourth-order valence-corrected chi connectivity index (χ4v) is 5.11. The van der Waals surface area contributed by atoms with Crippen LogP contribution in [-0.4, -0.2) is 41.3 Å². The van der Waals surface area contributed by atoms with Gasteiger partial charge in [0.1, 0.15) is 17.2 Å². The van der Waals surface area contributed by atoms with Crippen molar-refractivity contribution >= 4 is 34.4 Å². The third kappa shape index (κ3) is 4.59. The Labute approximate surface area is 216 Å². The Bertz CT molecular complexity index is 1600. The van der Waals surface area contributed by atoms with Gasteiger partial charge in [0.05, 0.1) is 22.5 Å². The maximum atomic E-state index is 13.4. The van der Waals surface area contributed by atoms with Gasteiger partial charge >= 0.3 is 5.69 Å². The van der Waals surface area contributed by atoms with Gasteiger partial charge in [-0.05, 0) is 31.0 Å². The van der Waals surface area contributed by atoms with Gasteiger partial charge in [-0.25, -0.2) is 14.2 Å². The summed E-state index contributed by atoms with van der Waals surface area (Å²) in [5.41, 5.74) is 1.04. The molecule has 37 heavy (non-hydrogen) atoms. The number of H-pyrrole nitrogens is 1. The lowest BCUT2D eigenvalue weighted by atomic mass is 10.1. The highest BCUT2D eigenvalue weighted by Crippen LogP contribution is 2.32. The van der Waals surface area contributed by atoms with Crippen LogP contribution in [0.1, 0.15) is 33.1 Å². The molecule has 1 fully saturated rings. The topological polar surface area (TPSA) is 111 Å². The molecule has 0 saturated carbocycles. The second-order valence-electron chi connectivity index (χ2n) is 9.30. The maximum absolute atomic E-state index is 13.4. The Morgan fingerprint density at radius 3 is 2.62 bits per heavy atom. The van der Waals surface area contributed by atoms with Gasteiger partial charge in [-0.2, -0.15) is 5.10 Å². The molecule has 4 aromatic rings. The monoisotopic (exact) mass is 527 g/mol. The Morgan fingerprint density at radius 2 is 1.89 bits per heavy atom. The van der Waals surface area contributed by atoms with Crippen LogP contribution in [0.5, 0.6) is 0 Å². The number of amides is 1. The van der Waals surface area contributed by atoms with E-state index in [0.717, 1.165) is 6.42 Å². The van der Waals surface area contributed by atoms with Gasteiger partial charge in [0.25, 0.3) is 5.56 Å². The first-order valence-corrected chi connectivity index (χ1v) is 12.7. The molecule has 1 N–H and O–H groups in total. The summed E-state index contributed by atoms with van der Waals surface area (Å²) in [6.07, 6.45) is 5.13. The maximum Gasteiger partial charge on any atom is 0.332 e. The van der Waals surface area contributed by atoms with Crippen LogP contribution in [0.2, 0.25) is 5.02 Å². The largest absolute Gasteiger partial charge is 0.332 e. The van der Waals surface area contributed by atoms with Crippen LogP contribution in [0.3, 0.4) is 0 Å². The number of fused-ring (bicyclic) bond motifs is 1. The molecule has 194 valence electrons. The van der Waals surface area contributed by atoms with E-state index in [1.807, 2.05) is 13.8 Å². The van der Waals surface area contributed by atoms with Gasteiger partial charge in [0.15, 0.2) is 5.65 Å². The molecule has 1 aliphatic rings. The molecule has 0 aliphatic carbocycles. The van der Waals surface area contributed by atoms with Gasteiger partial charge < -0.3 is 9.88 Å². The molecule has 1 aromatic carbocycles. The SMILES string of the molecule is CCCn1c(=O)c2[nH]c(-c3cnn(CC4CC(=O)N(c5ccc(F)cc5Cl)C4)c3)nc2n(CCC)c1=O. The summed E-state index contributed by atoms with van der Waals surface area (Å²) < 4.78 is 17.9. The number of imidazole rings is 1.